The molecule has 8 nitrogen and oxygen atoms in total. The lowest BCUT2D eigenvalue weighted by Crippen LogP contribution is -2.57. The molecule has 200 valence electrons. The van der Waals surface area contributed by atoms with Crippen LogP contribution >= 0.6 is 12.2 Å². The van der Waals surface area contributed by atoms with Crippen LogP contribution < -0.4 is 16.4 Å². The molecule has 5 N–H and O–H groups in total. The number of carbonyl (C=O) groups is 2. The normalized spacial score (nSPS) is 23.4. The van der Waals surface area contributed by atoms with Gasteiger partial charge in [0.05, 0.1) is 18.5 Å². The smallest absolute Gasteiger partial charge is 0.407 e. The standard InChI is InChI=1S/C26H47N5O3S/c1-5-7-14-26(3,4)21(30-25(33)34-16-6-2)24(35)31-15-8-9-20(31)23(32)29-17-18-10-12-19(13-11-18)22(27)28/h18-21H,5-17H2,1-4H3,(H3,27,28)(H,29,32)(H,30,33)/t18?,19?,20-,21+/m0/s1. The second-order valence-electron chi connectivity index (χ2n) is 10.9. The predicted octanol–water partition coefficient (Wildman–Crippen LogP) is 4.36. The lowest BCUT2D eigenvalue weighted by Gasteiger charge is -2.39. The number of rotatable bonds is 12. The Bertz CT molecular complexity index is 736. The summed E-state index contributed by atoms with van der Waals surface area (Å²) in [5.41, 5.74) is 5.39. The number of amides is 2. The molecule has 9 heteroatoms. The molecule has 1 heterocycles. The molecule has 0 bridgehead atoms. The molecule has 0 radical (unpaired) electrons. The van der Waals surface area contributed by atoms with Crippen LogP contribution in [0.3, 0.4) is 0 Å². The van der Waals surface area contributed by atoms with E-state index in [1.807, 2.05) is 11.8 Å². The number of thiocarbonyl (C=S) groups is 1. The van der Waals surface area contributed by atoms with Crippen LogP contribution in [0.2, 0.25) is 0 Å². The van der Waals surface area contributed by atoms with Gasteiger partial charge in [-0.1, -0.05) is 52.8 Å². The Morgan fingerprint density at radius 3 is 2.46 bits per heavy atom. The van der Waals surface area contributed by atoms with Crippen LogP contribution in [0.1, 0.15) is 91.9 Å². The average Bonchev–Trinajstić information content (AvgIpc) is 3.33. The van der Waals surface area contributed by atoms with E-state index in [0.29, 0.717) is 30.6 Å². The van der Waals surface area contributed by atoms with E-state index in [0.717, 1.165) is 64.2 Å². The van der Waals surface area contributed by atoms with Gasteiger partial charge in [0, 0.05) is 19.0 Å². The first kappa shape index (κ1) is 29.3. The topological polar surface area (TPSA) is 121 Å². The summed E-state index contributed by atoms with van der Waals surface area (Å²) in [6.45, 7) is 10.1. The molecule has 0 aromatic carbocycles. The summed E-state index contributed by atoms with van der Waals surface area (Å²) < 4.78 is 5.31. The Morgan fingerprint density at radius 2 is 1.86 bits per heavy atom. The molecule has 0 spiro atoms. The van der Waals surface area contributed by atoms with Crippen LogP contribution in [-0.2, 0) is 9.53 Å². The number of amidine groups is 1. The molecule has 2 rings (SSSR count). The SMILES string of the molecule is CCCCC(C)(C)[C@H](NC(=O)OCCC)C(=S)N1CCC[C@H]1C(=O)NCC1CCC(C(=N)N)CC1. The minimum Gasteiger partial charge on any atom is -0.450 e. The van der Waals surface area contributed by atoms with E-state index in [1.165, 1.54) is 0 Å². The van der Waals surface area contributed by atoms with Crippen molar-refractivity contribution >= 4 is 35.0 Å². The van der Waals surface area contributed by atoms with E-state index in [9.17, 15) is 9.59 Å². The number of hydrogen-bond donors (Lipinski definition) is 4. The van der Waals surface area contributed by atoms with Crippen LogP contribution in [-0.4, -0.2) is 59.5 Å². The van der Waals surface area contributed by atoms with Gasteiger partial charge in [0.2, 0.25) is 5.91 Å². The van der Waals surface area contributed by atoms with E-state index >= 15 is 0 Å². The summed E-state index contributed by atoms with van der Waals surface area (Å²) >= 11 is 5.95. The van der Waals surface area contributed by atoms with Gasteiger partial charge >= 0.3 is 6.09 Å². The molecule has 0 aromatic heterocycles. The highest BCUT2D eigenvalue weighted by atomic mass is 32.1. The Labute approximate surface area is 217 Å². The first-order chi connectivity index (χ1) is 16.6. The molecule has 0 aromatic rings. The number of likely N-dealkylation sites (tertiary alicyclic amines) is 1. The number of hydrogen-bond acceptors (Lipinski definition) is 5. The molecule has 1 saturated carbocycles. The van der Waals surface area contributed by atoms with Crippen molar-refractivity contribution in [2.24, 2.45) is 23.0 Å². The number of nitrogens with zero attached hydrogens (tertiary/aromatic N) is 1. The molecule has 2 aliphatic rings. The highest BCUT2D eigenvalue weighted by Gasteiger charge is 2.41. The number of alkyl carbamates (subject to hydrolysis) is 1. The summed E-state index contributed by atoms with van der Waals surface area (Å²) in [4.78, 5) is 28.4. The molecule has 1 saturated heterocycles. The van der Waals surface area contributed by atoms with E-state index in [1.54, 1.807) is 0 Å². The van der Waals surface area contributed by atoms with Crippen LogP contribution in [0.25, 0.3) is 0 Å². The fourth-order valence-electron chi connectivity index (χ4n) is 5.23. The Morgan fingerprint density at radius 1 is 1.17 bits per heavy atom. The Kier molecular flexibility index (Phi) is 11.7. The van der Waals surface area contributed by atoms with Crippen molar-refractivity contribution in [1.29, 1.82) is 5.41 Å². The number of nitrogens with two attached hydrogens (primary N) is 1. The molecule has 2 amide bonds. The average molecular weight is 510 g/mol. The van der Waals surface area contributed by atoms with E-state index in [2.05, 4.69) is 31.4 Å². The number of nitrogens with one attached hydrogen (secondary N) is 3. The fourth-order valence-corrected chi connectivity index (χ4v) is 5.83. The summed E-state index contributed by atoms with van der Waals surface area (Å²) in [5, 5.41) is 13.8. The van der Waals surface area contributed by atoms with Gasteiger partial charge in [-0.25, -0.2) is 4.79 Å². The van der Waals surface area contributed by atoms with Crippen molar-refractivity contribution in [3.63, 3.8) is 0 Å². The zero-order valence-electron chi connectivity index (χ0n) is 22.2. The van der Waals surface area contributed by atoms with E-state index < -0.39 is 6.09 Å². The van der Waals surface area contributed by atoms with Crippen molar-refractivity contribution in [2.75, 3.05) is 19.7 Å². The second-order valence-corrected chi connectivity index (χ2v) is 11.3. The molecule has 35 heavy (non-hydrogen) atoms. The zero-order valence-corrected chi connectivity index (χ0v) is 23.0. The maximum absolute atomic E-state index is 13.2. The van der Waals surface area contributed by atoms with Crippen LogP contribution in [0.4, 0.5) is 4.79 Å². The Hall–Kier alpha value is -1.90. The first-order valence-corrected chi connectivity index (χ1v) is 13.9. The van der Waals surface area contributed by atoms with Gasteiger partial charge < -0.3 is 26.0 Å². The van der Waals surface area contributed by atoms with Gasteiger partial charge in [-0.05, 0) is 62.7 Å². The third-order valence-corrected chi connectivity index (χ3v) is 8.06. The Balaban J connectivity index is 2.03. The van der Waals surface area contributed by atoms with Crippen molar-refractivity contribution in [3.8, 4) is 0 Å². The van der Waals surface area contributed by atoms with Gasteiger partial charge in [0.25, 0.3) is 0 Å². The predicted molar refractivity (Wildman–Crippen MR) is 145 cm³/mol. The summed E-state index contributed by atoms with van der Waals surface area (Å²) in [7, 11) is 0. The fraction of sp³-hybridized carbons (Fsp3) is 0.846. The monoisotopic (exact) mass is 509 g/mol. The molecular weight excluding hydrogens is 462 g/mol. The molecular formula is C26H47N5O3S. The lowest BCUT2D eigenvalue weighted by atomic mass is 9.79. The molecule has 1 aliphatic carbocycles. The third kappa shape index (κ3) is 8.62. The van der Waals surface area contributed by atoms with E-state index in [4.69, 9.17) is 28.1 Å². The highest BCUT2D eigenvalue weighted by Crippen LogP contribution is 2.32. The van der Waals surface area contributed by atoms with Gasteiger partial charge in [-0.15, -0.1) is 0 Å². The molecule has 1 aliphatic heterocycles. The summed E-state index contributed by atoms with van der Waals surface area (Å²) in [6, 6.07) is -0.697. The van der Waals surface area contributed by atoms with Gasteiger partial charge in [-0.2, -0.15) is 0 Å². The summed E-state index contributed by atoms with van der Waals surface area (Å²) in [5.74, 6) is 0.907. The van der Waals surface area contributed by atoms with Crippen molar-refractivity contribution < 1.29 is 14.3 Å². The summed E-state index contributed by atoms with van der Waals surface area (Å²) in [6.07, 6.45) is 8.76. The maximum atomic E-state index is 13.2. The van der Waals surface area contributed by atoms with Crippen LogP contribution in [0.5, 0.6) is 0 Å². The molecule has 0 unspecified atom stereocenters. The minimum atomic E-state index is -0.454. The van der Waals surface area contributed by atoms with Crippen LogP contribution in [0, 0.1) is 22.7 Å². The van der Waals surface area contributed by atoms with Gasteiger partial charge in [0.15, 0.2) is 0 Å². The maximum Gasteiger partial charge on any atom is 0.407 e. The van der Waals surface area contributed by atoms with Crippen molar-refractivity contribution in [2.45, 2.75) is 104 Å². The molecule has 2 fully saturated rings. The van der Waals surface area contributed by atoms with Gasteiger partial charge in [0.1, 0.15) is 11.0 Å². The van der Waals surface area contributed by atoms with Crippen molar-refractivity contribution in [1.82, 2.24) is 15.5 Å². The second kappa shape index (κ2) is 14.0. The number of unbranched alkanes of at least 4 members (excludes halogenated alkanes) is 1. The zero-order chi connectivity index (χ0) is 26.0. The minimum absolute atomic E-state index is 0.0113. The number of carbonyl (C=O) groups excluding carboxylic acids is 2. The quantitative estimate of drug-likeness (QED) is 0.176. The number of ether oxygens (including phenoxy) is 1. The molecule has 2 atom stereocenters. The van der Waals surface area contributed by atoms with Crippen molar-refractivity contribution in [3.05, 3.63) is 0 Å². The largest absolute Gasteiger partial charge is 0.450 e. The first-order valence-electron chi connectivity index (χ1n) is 13.5. The lowest BCUT2D eigenvalue weighted by molar-refractivity contribution is -0.124. The van der Waals surface area contributed by atoms with Crippen LogP contribution in [0.15, 0.2) is 0 Å². The van der Waals surface area contributed by atoms with Gasteiger partial charge in [-0.3, -0.25) is 10.2 Å². The van der Waals surface area contributed by atoms with E-state index in [-0.39, 0.29) is 35.2 Å². The third-order valence-electron chi connectivity index (χ3n) is 7.59. The highest BCUT2D eigenvalue weighted by molar-refractivity contribution is 7.80.